The van der Waals surface area contributed by atoms with Crippen LogP contribution in [0.1, 0.15) is 0 Å². The second kappa shape index (κ2) is 8.37. The van der Waals surface area contributed by atoms with Crippen LogP contribution in [0, 0.1) is 0 Å². The largest absolute Gasteiger partial charge is 0.464 e. The van der Waals surface area contributed by atoms with Gasteiger partial charge in [0.15, 0.2) is 0 Å². The molecule has 0 bridgehead atoms. The topological polar surface area (TPSA) is 39.4 Å². The van der Waals surface area contributed by atoms with Crippen LogP contribution >= 0.6 is 0 Å². The Kier molecular flexibility index (Phi) is 4.45. The van der Waals surface area contributed by atoms with Gasteiger partial charge in [-0.05, 0) is 92.3 Å². The SMILES string of the molecule is c1ccc2c(c1)oc1cc(-c3c4ccccc4c(-c4ccc5c(c4)oc4c6ccoc6ccc54)c4ccccc34)ccc12. The van der Waals surface area contributed by atoms with Gasteiger partial charge < -0.3 is 13.3 Å². The minimum absolute atomic E-state index is 0.834. The van der Waals surface area contributed by atoms with Gasteiger partial charge in [0.2, 0.25) is 0 Å². The maximum absolute atomic E-state index is 6.50. The van der Waals surface area contributed by atoms with Crippen molar-refractivity contribution < 1.29 is 13.3 Å². The molecule has 0 saturated carbocycles. The van der Waals surface area contributed by atoms with E-state index in [-0.39, 0.29) is 0 Å². The van der Waals surface area contributed by atoms with Crippen LogP contribution in [-0.4, -0.2) is 0 Å². The van der Waals surface area contributed by atoms with Crippen molar-refractivity contribution in [2.45, 2.75) is 0 Å². The molecule has 0 N–H and O–H groups in total. The summed E-state index contributed by atoms with van der Waals surface area (Å²) in [5, 5.41) is 10.3. The molecule has 0 unspecified atom stereocenters. The normalized spacial score (nSPS) is 12.2. The van der Waals surface area contributed by atoms with E-state index in [0.717, 1.165) is 66.0 Å². The van der Waals surface area contributed by atoms with E-state index in [1.54, 1.807) is 6.26 Å². The zero-order valence-electron chi connectivity index (χ0n) is 22.9. The second-order valence-electron chi connectivity index (χ2n) is 11.2. The van der Waals surface area contributed by atoms with Crippen LogP contribution in [0.5, 0.6) is 0 Å². The summed E-state index contributed by atoms with van der Waals surface area (Å²) < 4.78 is 18.4. The number of para-hydroxylation sites is 1. The number of benzene rings is 7. The number of hydrogen-bond donors (Lipinski definition) is 0. The summed E-state index contributed by atoms with van der Waals surface area (Å²) in [6, 6.07) is 45.0. The summed E-state index contributed by atoms with van der Waals surface area (Å²) in [6.45, 7) is 0. The Labute approximate surface area is 245 Å². The third kappa shape index (κ3) is 3.14. The van der Waals surface area contributed by atoms with Crippen molar-refractivity contribution in [1.82, 2.24) is 0 Å². The van der Waals surface area contributed by atoms with Crippen molar-refractivity contribution in [2.24, 2.45) is 0 Å². The lowest BCUT2D eigenvalue weighted by molar-refractivity contribution is 0.615. The summed E-state index contributed by atoms with van der Waals surface area (Å²) in [6.07, 6.45) is 1.72. The first kappa shape index (κ1) is 22.8. The van der Waals surface area contributed by atoms with E-state index in [2.05, 4.69) is 103 Å². The Balaban J connectivity index is 1.26. The summed E-state index contributed by atoms with van der Waals surface area (Å²) in [5.41, 5.74) is 9.06. The highest BCUT2D eigenvalue weighted by molar-refractivity contribution is 6.23. The highest BCUT2D eigenvalue weighted by atomic mass is 16.3. The maximum Gasteiger partial charge on any atom is 0.146 e. The molecule has 0 aliphatic rings. The third-order valence-corrected chi connectivity index (χ3v) is 8.96. The zero-order chi connectivity index (χ0) is 28.1. The number of hydrogen-bond acceptors (Lipinski definition) is 3. The first-order valence-electron chi connectivity index (χ1n) is 14.5. The highest BCUT2D eigenvalue weighted by Crippen LogP contribution is 2.46. The van der Waals surface area contributed by atoms with Gasteiger partial charge in [0.05, 0.1) is 11.6 Å². The van der Waals surface area contributed by atoms with Gasteiger partial charge in [-0.25, -0.2) is 0 Å². The lowest BCUT2D eigenvalue weighted by Gasteiger charge is -2.17. The van der Waals surface area contributed by atoms with Gasteiger partial charge >= 0.3 is 0 Å². The molecule has 3 heterocycles. The van der Waals surface area contributed by atoms with Crippen molar-refractivity contribution in [1.29, 1.82) is 0 Å². The highest BCUT2D eigenvalue weighted by Gasteiger charge is 2.19. The van der Waals surface area contributed by atoms with Crippen LogP contribution in [0.4, 0.5) is 0 Å². The van der Waals surface area contributed by atoms with Crippen LogP contribution in [-0.2, 0) is 0 Å². The minimum atomic E-state index is 0.834. The standard InChI is InChI=1S/C40H22O3/c1-3-10-30-28(8-1)38(23-13-15-26-25-7-5-6-12-35(25)42-36(26)21-23)29-9-2-4-11-31(29)39(30)24-14-16-27-32-17-18-34-33(19-20-41-34)40(32)43-37(27)22-24/h1-22H. The molecule has 0 amide bonds. The molecule has 10 aromatic rings. The third-order valence-electron chi connectivity index (χ3n) is 8.96. The van der Waals surface area contributed by atoms with Crippen molar-refractivity contribution in [3.8, 4) is 22.3 Å². The molecule has 0 aliphatic heterocycles. The van der Waals surface area contributed by atoms with Crippen LogP contribution in [0.3, 0.4) is 0 Å². The van der Waals surface area contributed by atoms with Crippen molar-refractivity contribution in [3.63, 3.8) is 0 Å². The van der Waals surface area contributed by atoms with Crippen molar-refractivity contribution in [2.75, 3.05) is 0 Å². The first-order valence-corrected chi connectivity index (χ1v) is 14.5. The fourth-order valence-corrected chi connectivity index (χ4v) is 7.07. The Morgan fingerprint density at radius 1 is 0.326 bits per heavy atom. The average Bonchev–Trinajstić information content (AvgIpc) is 3.78. The molecule has 3 heteroatoms. The summed E-state index contributed by atoms with van der Waals surface area (Å²) in [5.74, 6) is 0. The molecule has 3 aromatic heterocycles. The molecule has 0 spiro atoms. The molecule has 3 nitrogen and oxygen atoms in total. The van der Waals surface area contributed by atoms with Gasteiger partial charge in [-0.2, -0.15) is 0 Å². The zero-order valence-corrected chi connectivity index (χ0v) is 22.9. The molecule has 7 aromatic carbocycles. The fourth-order valence-electron chi connectivity index (χ4n) is 7.07. The second-order valence-corrected chi connectivity index (χ2v) is 11.2. The summed E-state index contributed by atoms with van der Waals surface area (Å²) in [7, 11) is 0. The van der Waals surface area contributed by atoms with E-state index in [1.165, 1.54) is 32.7 Å². The molecule has 10 rings (SSSR count). The molecule has 0 radical (unpaired) electrons. The molecule has 200 valence electrons. The van der Waals surface area contributed by atoms with Crippen molar-refractivity contribution in [3.05, 3.63) is 134 Å². The molecular weight excluding hydrogens is 528 g/mol. The molecule has 0 fully saturated rings. The molecule has 43 heavy (non-hydrogen) atoms. The van der Waals surface area contributed by atoms with Crippen LogP contribution < -0.4 is 0 Å². The number of fused-ring (bicyclic) bond motifs is 10. The van der Waals surface area contributed by atoms with E-state index < -0.39 is 0 Å². The molecule has 0 saturated heterocycles. The quantitative estimate of drug-likeness (QED) is 0.201. The Morgan fingerprint density at radius 3 is 1.49 bits per heavy atom. The molecule has 0 atom stereocenters. The fraction of sp³-hybridized carbons (Fsp3) is 0. The van der Waals surface area contributed by atoms with Crippen molar-refractivity contribution >= 4 is 76.4 Å². The van der Waals surface area contributed by atoms with E-state index in [4.69, 9.17) is 13.3 Å². The molecular formula is C40H22O3. The monoisotopic (exact) mass is 550 g/mol. The lowest BCUT2D eigenvalue weighted by atomic mass is 9.85. The number of furan rings is 3. The van der Waals surface area contributed by atoms with E-state index in [9.17, 15) is 0 Å². The van der Waals surface area contributed by atoms with E-state index >= 15 is 0 Å². The molecule has 0 aliphatic carbocycles. The predicted molar refractivity (Wildman–Crippen MR) is 177 cm³/mol. The van der Waals surface area contributed by atoms with Gasteiger partial charge in [0, 0.05) is 21.5 Å². The Bertz CT molecular complexity index is 2680. The first-order chi connectivity index (χ1) is 21.3. The van der Waals surface area contributed by atoms with Crippen LogP contribution in [0.2, 0.25) is 0 Å². The van der Waals surface area contributed by atoms with Crippen LogP contribution in [0.25, 0.3) is 98.6 Å². The minimum Gasteiger partial charge on any atom is -0.464 e. The number of rotatable bonds is 2. The summed E-state index contributed by atoms with van der Waals surface area (Å²) >= 11 is 0. The Morgan fingerprint density at radius 2 is 0.837 bits per heavy atom. The maximum atomic E-state index is 6.50. The van der Waals surface area contributed by atoms with E-state index in [1.807, 2.05) is 24.3 Å². The van der Waals surface area contributed by atoms with Gasteiger partial charge in [-0.3, -0.25) is 0 Å². The predicted octanol–water partition coefficient (Wildman–Crippen LogP) is 11.9. The smallest absolute Gasteiger partial charge is 0.146 e. The van der Waals surface area contributed by atoms with Gasteiger partial charge in [0.1, 0.15) is 27.9 Å². The van der Waals surface area contributed by atoms with E-state index in [0.29, 0.717) is 0 Å². The lowest BCUT2D eigenvalue weighted by Crippen LogP contribution is -1.90. The average molecular weight is 551 g/mol. The van der Waals surface area contributed by atoms with Gasteiger partial charge in [-0.15, -0.1) is 0 Å². The summed E-state index contributed by atoms with van der Waals surface area (Å²) in [4.78, 5) is 0. The van der Waals surface area contributed by atoms with Crippen LogP contribution in [0.15, 0.2) is 147 Å². The van der Waals surface area contributed by atoms with Gasteiger partial charge in [-0.1, -0.05) is 78.9 Å². The Hall–Kier alpha value is -5.80. The van der Waals surface area contributed by atoms with Gasteiger partial charge in [0.25, 0.3) is 0 Å².